The molecule has 0 aliphatic carbocycles. The molecule has 37 heavy (non-hydrogen) atoms. The van der Waals surface area contributed by atoms with Crippen LogP contribution in [0.5, 0.6) is 0 Å². The Labute approximate surface area is 215 Å². The number of carbonyl (C=O) groups is 2. The Morgan fingerprint density at radius 1 is 0.892 bits per heavy atom. The van der Waals surface area contributed by atoms with Gasteiger partial charge >= 0.3 is 0 Å². The van der Waals surface area contributed by atoms with Gasteiger partial charge in [0.25, 0.3) is 0 Å². The van der Waals surface area contributed by atoms with Crippen LogP contribution in [0.1, 0.15) is 18.1 Å². The van der Waals surface area contributed by atoms with Crippen LogP contribution in [-0.2, 0) is 32.6 Å². The molecule has 196 valence electrons. The number of rotatable bonds is 11. The van der Waals surface area contributed by atoms with Crippen molar-refractivity contribution >= 4 is 27.5 Å². The van der Waals surface area contributed by atoms with Gasteiger partial charge < -0.3 is 10.2 Å². The number of para-hydroxylation sites is 1. The van der Waals surface area contributed by atoms with Crippen molar-refractivity contribution in [3.8, 4) is 0 Å². The van der Waals surface area contributed by atoms with Gasteiger partial charge in [0.05, 0.1) is 11.9 Å². The molecule has 7 nitrogen and oxygen atoms in total. The van der Waals surface area contributed by atoms with Crippen molar-refractivity contribution in [2.75, 3.05) is 23.7 Å². The van der Waals surface area contributed by atoms with Gasteiger partial charge in [0.1, 0.15) is 24.2 Å². The van der Waals surface area contributed by atoms with Gasteiger partial charge in [-0.1, -0.05) is 54.6 Å². The highest BCUT2D eigenvalue weighted by molar-refractivity contribution is 7.92. The molecule has 0 bridgehead atoms. The molecule has 1 N–H and O–H groups in total. The SMILES string of the molecule is CCNC(=O)[C@@H](Cc1ccccc1)N(Cc1ccc(F)cc1)C(=O)CN(c1ccccc1F)S(C)(=O)=O. The Balaban J connectivity index is 2.04. The van der Waals surface area contributed by atoms with Crippen molar-refractivity contribution in [3.05, 3.63) is 102 Å². The van der Waals surface area contributed by atoms with Crippen LogP contribution < -0.4 is 9.62 Å². The summed E-state index contributed by atoms with van der Waals surface area (Å²) >= 11 is 0. The van der Waals surface area contributed by atoms with E-state index in [-0.39, 0.29) is 18.7 Å². The first-order valence-electron chi connectivity index (χ1n) is 11.7. The summed E-state index contributed by atoms with van der Waals surface area (Å²) in [5, 5.41) is 2.74. The number of hydrogen-bond donors (Lipinski definition) is 1. The molecule has 0 saturated heterocycles. The van der Waals surface area contributed by atoms with Crippen LogP contribution in [0, 0.1) is 11.6 Å². The van der Waals surface area contributed by atoms with Crippen LogP contribution in [0.25, 0.3) is 0 Å². The zero-order chi connectivity index (χ0) is 27.0. The average Bonchev–Trinajstić information content (AvgIpc) is 2.86. The quantitative estimate of drug-likeness (QED) is 0.412. The van der Waals surface area contributed by atoms with Gasteiger partial charge in [-0.2, -0.15) is 0 Å². The molecule has 0 aliphatic rings. The van der Waals surface area contributed by atoms with Gasteiger partial charge in [-0.25, -0.2) is 17.2 Å². The third-order valence-corrected chi connectivity index (χ3v) is 6.82. The van der Waals surface area contributed by atoms with E-state index in [0.717, 1.165) is 17.9 Å². The second kappa shape index (κ2) is 12.4. The zero-order valence-electron chi connectivity index (χ0n) is 20.6. The maximum Gasteiger partial charge on any atom is 0.244 e. The molecular weight excluding hydrogens is 500 g/mol. The van der Waals surface area contributed by atoms with E-state index in [1.54, 1.807) is 19.1 Å². The number of nitrogens with one attached hydrogen (secondary N) is 1. The Morgan fingerprint density at radius 3 is 2.11 bits per heavy atom. The average molecular weight is 530 g/mol. The summed E-state index contributed by atoms with van der Waals surface area (Å²) in [6.07, 6.45) is 1.03. The fourth-order valence-corrected chi connectivity index (χ4v) is 4.73. The molecule has 3 aromatic rings. The predicted molar refractivity (Wildman–Crippen MR) is 138 cm³/mol. The Bertz CT molecular complexity index is 1320. The van der Waals surface area contributed by atoms with Crippen molar-refractivity contribution < 1.29 is 26.8 Å². The molecule has 2 amide bonds. The monoisotopic (exact) mass is 529 g/mol. The first-order chi connectivity index (χ1) is 17.6. The number of nitrogens with zero attached hydrogens (tertiary/aromatic N) is 2. The molecule has 0 spiro atoms. The van der Waals surface area contributed by atoms with Crippen molar-refractivity contribution in [2.45, 2.75) is 25.9 Å². The van der Waals surface area contributed by atoms with Gasteiger partial charge in [-0.15, -0.1) is 0 Å². The van der Waals surface area contributed by atoms with E-state index in [1.807, 2.05) is 18.2 Å². The number of halogens is 2. The lowest BCUT2D eigenvalue weighted by Crippen LogP contribution is -2.53. The smallest absolute Gasteiger partial charge is 0.244 e. The Hall–Kier alpha value is -3.79. The first kappa shape index (κ1) is 27.8. The van der Waals surface area contributed by atoms with E-state index in [0.29, 0.717) is 16.4 Å². The maximum atomic E-state index is 14.6. The van der Waals surface area contributed by atoms with Crippen LogP contribution in [0.4, 0.5) is 14.5 Å². The largest absolute Gasteiger partial charge is 0.355 e. The summed E-state index contributed by atoms with van der Waals surface area (Å²) in [5.74, 6) is -2.42. The molecule has 0 radical (unpaired) electrons. The highest BCUT2D eigenvalue weighted by atomic mass is 32.2. The van der Waals surface area contributed by atoms with Crippen LogP contribution in [0.2, 0.25) is 0 Å². The number of anilines is 1. The standard InChI is InChI=1S/C27H29F2N3O4S/c1-3-30-27(34)25(17-20-9-5-4-6-10-20)31(18-21-13-15-22(28)16-14-21)26(33)19-32(37(2,35)36)24-12-8-7-11-23(24)29/h4-16,25H,3,17-19H2,1-2H3,(H,30,34)/t25-/m1/s1. The predicted octanol–water partition coefficient (Wildman–Crippen LogP) is 3.51. The van der Waals surface area contributed by atoms with Gasteiger partial charge in [-0.3, -0.25) is 13.9 Å². The third kappa shape index (κ3) is 7.60. The number of carbonyl (C=O) groups excluding carboxylic acids is 2. The molecule has 10 heteroatoms. The van der Waals surface area contributed by atoms with E-state index < -0.39 is 46.1 Å². The minimum Gasteiger partial charge on any atom is -0.355 e. The molecule has 3 aromatic carbocycles. The molecule has 1 atom stereocenters. The van der Waals surface area contributed by atoms with Crippen molar-refractivity contribution in [2.24, 2.45) is 0 Å². The van der Waals surface area contributed by atoms with E-state index in [9.17, 15) is 26.8 Å². The van der Waals surface area contributed by atoms with E-state index in [4.69, 9.17) is 0 Å². The third-order valence-electron chi connectivity index (χ3n) is 5.69. The minimum atomic E-state index is -4.07. The van der Waals surface area contributed by atoms with E-state index >= 15 is 0 Å². The topological polar surface area (TPSA) is 86.8 Å². The highest BCUT2D eigenvalue weighted by Gasteiger charge is 2.33. The first-order valence-corrected chi connectivity index (χ1v) is 13.5. The fraction of sp³-hybridized carbons (Fsp3) is 0.259. The maximum absolute atomic E-state index is 14.6. The summed E-state index contributed by atoms with van der Waals surface area (Å²) in [6, 6.07) is 18.7. The lowest BCUT2D eigenvalue weighted by atomic mass is 10.0. The summed E-state index contributed by atoms with van der Waals surface area (Å²) in [7, 11) is -4.07. The van der Waals surface area contributed by atoms with Crippen LogP contribution >= 0.6 is 0 Å². The molecule has 0 aliphatic heterocycles. The minimum absolute atomic E-state index is 0.0946. The van der Waals surface area contributed by atoms with E-state index in [1.165, 1.54) is 47.4 Å². The number of amides is 2. The summed E-state index contributed by atoms with van der Waals surface area (Å²) in [5.41, 5.74) is 1.04. The molecular formula is C27H29F2N3O4S. The summed E-state index contributed by atoms with van der Waals surface area (Å²) < 4.78 is 54.0. The Morgan fingerprint density at radius 2 is 1.51 bits per heavy atom. The van der Waals surface area contributed by atoms with Gasteiger partial charge in [-0.05, 0) is 42.3 Å². The van der Waals surface area contributed by atoms with Gasteiger partial charge in [0.15, 0.2) is 0 Å². The van der Waals surface area contributed by atoms with Gasteiger partial charge in [0.2, 0.25) is 21.8 Å². The lowest BCUT2D eigenvalue weighted by Gasteiger charge is -2.33. The fourth-order valence-electron chi connectivity index (χ4n) is 3.88. The summed E-state index contributed by atoms with van der Waals surface area (Å²) in [6.45, 7) is 1.23. The van der Waals surface area contributed by atoms with Crippen LogP contribution in [-0.4, -0.2) is 50.5 Å². The molecule has 0 heterocycles. The van der Waals surface area contributed by atoms with Crippen molar-refractivity contribution in [1.29, 1.82) is 0 Å². The normalized spacial score (nSPS) is 12.0. The number of sulfonamides is 1. The summed E-state index contributed by atoms with van der Waals surface area (Å²) in [4.78, 5) is 28.2. The second-order valence-corrected chi connectivity index (χ2v) is 10.4. The van der Waals surface area contributed by atoms with E-state index in [2.05, 4.69) is 5.32 Å². The highest BCUT2D eigenvalue weighted by Crippen LogP contribution is 2.23. The lowest BCUT2D eigenvalue weighted by molar-refractivity contribution is -0.140. The zero-order valence-corrected chi connectivity index (χ0v) is 21.4. The number of benzene rings is 3. The van der Waals surface area contributed by atoms with Gasteiger partial charge in [0, 0.05) is 19.5 Å². The van der Waals surface area contributed by atoms with Crippen LogP contribution in [0.15, 0.2) is 78.9 Å². The van der Waals surface area contributed by atoms with Crippen molar-refractivity contribution in [3.63, 3.8) is 0 Å². The molecule has 0 fully saturated rings. The molecule has 0 aromatic heterocycles. The molecule has 3 rings (SSSR count). The molecule has 0 saturated carbocycles. The number of hydrogen-bond acceptors (Lipinski definition) is 4. The Kier molecular flexibility index (Phi) is 9.35. The molecule has 0 unspecified atom stereocenters. The van der Waals surface area contributed by atoms with Crippen molar-refractivity contribution in [1.82, 2.24) is 10.2 Å². The second-order valence-electron chi connectivity index (χ2n) is 8.47. The van der Waals surface area contributed by atoms with Crippen LogP contribution in [0.3, 0.4) is 0 Å². The number of likely N-dealkylation sites (N-methyl/N-ethyl adjacent to an activating group) is 1.